The maximum absolute atomic E-state index is 13.5. The molecular formula is C26H31N3O3. The van der Waals surface area contributed by atoms with E-state index in [1.165, 1.54) is 6.42 Å². The number of fused-ring (bicyclic) bond motifs is 1. The highest BCUT2D eigenvalue weighted by Crippen LogP contribution is 2.34. The van der Waals surface area contributed by atoms with Crippen molar-refractivity contribution in [1.82, 2.24) is 5.32 Å². The van der Waals surface area contributed by atoms with Gasteiger partial charge in [-0.25, -0.2) is 4.79 Å². The Balaban J connectivity index is 1.61. The first-order valence-electron chi connectivity index (χ1n) is 11.6. The molecule has 32 heavy (non-hydrogen) atoms. The van der Waals surface area contributed by atoms with Gasteiger partial charge in [-0.3, -0.25) is 15.1 Å². The predicted octanol–water partition coefficient (Wildman–Crippen LogP) is 5.07. The molecule has 1 aliphatic heterocycles. The van der Waals surface area contributed by atoms with Gasteiger partial charge in [-0.2, -0.15) is 0 Å². The quantitative estimate of drug-likeness (QED) is 0.692. The lowest BCUT2D eigenvalue weighted by Gasteiger charge is -2.26. The van der Waals surface area contributed by atoms with Crippen molar-refractivity contribution in [3.05, 3.63) is 65.7 Å². The van der Waals surface area contributed by atoms with Gasteiger partial charge in [0.05, 0.1) is 11.4 Å². The summed E-state index contributed by atoms with van der Waals surface area (Å²) in [6.07, 6.45) is 4.85. The van der Waals surface area contributed by atoms with Crippen LogP contribution in [0.15, 0.2) is 59.6 Å². The molecular weight excluding hydrogens is 402 g/mol. The van der Waals surface area contributed by atoms with Crippen molar-refractivity contribution in [3.8, 4) is 0 Å². The number of nitrogens with one attached hydrogen (secondary N) is 1. The number of anilines is 1. The Morgan fingerprint density at radius 2 is 1.78 bits per heavy atom. The van der Waals surface area contributed by atoms with Gasteiger partial charge in [0.2, 0.25) is 6.17 Å². The molecule has 2 aromatic rings. The molecule has 168 valence electrons. The number of amides is 2. The number of carbonyl (C=O) groups is 2. The molecule has 0 saturated heterocycles. The first-order valence-corrected chi connectivity index (χ1v) is 11.6. The summed E-state index contributed by atoms with van der Waals surface area (Å²) in [5, 5.41) is 2.73. The fraction of sp³-hybridized carbons (Fsp3) is 0.423. The maximum Gasteiger partial charge on any atom is 0.409 e. The van der Waals surface area contributed by atoms with Gasteiger partial charge in [0.1, 0.15) is 6.61 Å². The maximum atomic E-state index is 13.5. The number of alkyl carbamates (subject to hydrolysis) is 1. The number of benzene rings is 2. The lowest BCUT2D eigenvalue weighted by Crippen LogP contribution is -2.47. The minimum absolute atomic E-state index is 0.145. The number of carbonyl (C=O) groups excluding carboxylic acids is 2. The summed E-state index contributed by atoms with van der Waals surface area (Å²) in [6, 6.07) is 17.5. The first kappa shape index (κ1) is 22.1. The van der Waals surface area contributed by atoms with Crippen LogP contribution in [-0.2, 0) is 16.1 Å². The van der Waals surface area contributed by atoms with E-state index in [0.717, 1.165) is 54.6 Å². The van der Waals surface area contributed by atoms with E-state index in [4.69, 9.17) is 9.73 Å². The van der Waals surface area contributed by atoms with E-state index >= 15 is 0 Å². The summed E-state index contributed by atoms with van der Waals surface area (Å²) < 4.78 is 5.38. The normalized spacial score (nSPS) is 19.0. The molecule has 0 spiro atoms. The van der Waals surface area contributed by atoms with Crippen molar-refractivity contribution in [2.75, 3.05) is 11.4 Å². The van der Waals surface area contributed by atoms with E-state index < -0.39 is 12.3 Å². The van der Waals surface area contributed by atoms with Crippen molar-refractivity contribution >= 4 is 23.4 Å². The topological polar surface area (TPSA) is 71.0 Å². The van der Waals surface area contributed by atoms with Crippen LogP contribution in [0.3, 0.4) is 0 Å². The summed E-state index contributed by atoms with van der Waals surface area (Å²) in [5.74, 6) is 0.0747. The minimum Gasteiger partial charge on any atom is -0.445 e. The highest BCUT2D eigenvalue weighted by atomic mass is 16.5. The smallest absolute Gasteiger partial charge is 0.409 e. The molecule has 4 rings (SSSR count). The van der Waals surface area contributed by atoms with Gasteiger partial charge in [0.15, 0.2) is 0 Å². The van der Waals surface area contributed by atoms with Crippen LogP contribution in [0, 0.1) is 5.92 Å². The Bertz CT molecular complexity index is 967. The number of para-hydroxylation sites is 1. The largest absolute Gasteiger partial charge is 0.445 e. The molecule has 2 aromatic carbocycles. The fourth-order valence-electron chi connectivity index (χ4n) is 4.58. The second-order valence-corrected chi connectivity index (χ2v) is 8.46. The molecule has 1 fully saturated rings. The van der Waals surface area contributed by atoms with Crippen molar-refractivity contribution in [1.29, 1.82) is 0 Å². The van der Waals surface area contributed by atoms with Gasteiger partial charge < -0.3 is 9.64 Å². The average Bonchev–Trinajstić information content (AvgIpc) is 2.95. The van der Waals surface area contributed by atoms with E-state index in [9.17, 15) is 9.59 Å². The molecule has 0 aromatic heterocycles. The zero-order chi connectivity index (χ0) is 22.3. The van der Waals surface area contributed by atoms with E-state index in [1.807, 2.05) is 55.5 Å². The third-order valence-electron chi connectivity index (χ3n) is 6.15. The third kappa shape index (κ3) is 5.01. The molecule has 1 N–H and O–H groups in total. The second-order valence-electron chi connectivity index (χ2n) is 8.46. The van der Waals surface area contributed by atoms with E-state index in [2.05, 4.69) is 11.4 Å². The summed E-state index contributed by atoms with van der Waals surface area (Å²) in [7, 11) is 0. The standard InChI is InChI=1S/C26H31N3O3/c1-2-17-29-22-16-10-9-15-21(22)23(20-13-7-4-8-14-20)27-24(25(29)30)28-26(31)32-18-19-11-5-3-6-12-19/h3,5-6,9-12,15-16,20,24H,2,4,7-8,13-14,17-18H2,1H3,(H,28,31)/t24-/m0/s1. The van der Waals surface area contributed by atoms with Crippen LogP contribution in [0.4, 0.5) is 10.5 Å². The number of aliphatic imine (C=N–C) groups is 1. The fourth-order valence-corrected chi connectivity index (χ4v) is 4.58. The number of benzodiazepines with no additional fused rings is 1. The summed E-state index contributed by atoms with van der Waals surface area (Å²) in [4.78, 5) is 32.7. The molecule has 0 unspecified atom stereocenters. The van der Waals surface area contributed by atoms with Crippen LogP contribution in [0.25, 0.3) is 0 Å². The van der Waals surface area contributed by atoms with E-state index in [-0.39, 0.29) is 12.5 Å². The Hall–Kier alpha value is -3.15. The SMILES string of the molecule is CCCN1C(=O)[C@H](NC(=O)OCc2ccccc2)N=C(C2CCCCC2)c2ccccc21. The van der Waals surface area contributed by atoms with Crippen LogP contribution in [0.2, 0.25) is 0 Å². The Kier molecular flexibility index (Phi) is 7.20. The van der Waals surface area contributed by atoms with Crippen molar-refractivity contribution in [3.63, 3.8) is 0 Å². The van der Waals surface area contributed by atoms with Gasteiger partial charge in [-0.15, -0.1) is 0 Å². The molecule has 6 heteroatoms. The molecule has 2 aliphatic rings. The van der Waals surface area contributed by atoms with Gasteiger partial charge in [-0.05, 0) is 30.9 Å². The van der Waals surface area contributed by atoms with Gasteiger partial charge in [0, 0.05) is 18.0 Å². The molecule has 6 nitrogen and oxygen atoms in total. The van der Waals surface area contributed by atoms with Crippen LogP contribution in [0.1, 0.15) is 56.6 Å². The number of hydrogen-bond donors (Lipinski definition) is 1. The number of nitrogens with zero attached hydrogens (tertiary/aromatic N) is 2. The Morgan fingerprint density at radius 1 is 1.06 bits per heavy atom. The molecule has 1 heterocycles. The molecule has 1 aliphatic carbocycles. The van der Waals surface area contributed by atoms with Crippen LogP contribution in [-0.4, -0.2) is 30.4 Å². The van der Waals surface area contributed by atoms with Crippen molar-refractivity contribution < 1.29 is 14.3 Å². The number of ether oxygens (including phenoxy) is 1. The summed E-state index contributed by atoms with van der Waals surface area (Å²) in [5.41, 5.74) is 3.70. The van der Waals surface area contributed by atoms with Gasteiger partial charge in [0.25, 0.3) is 5.91 Å². The van der Waals surface area contributed by atoms with Crippen LogP contribution >= 0.6 is 0 Å². The number of rotatable bonds is 6. The zero-order valence-corrected chi connectivity index (χ0v) is 18.6. The molecule has 0 radical (unpaired) electrons. The molecule has 1 saturated carbocycles. The molecule has 0 bridgehead atoms. The Morgan fingerprint density at radius 3 is 2.53 bits per heavy atom. The lowest BCUT2D eigenvalue weighted by atomic mass is 9.83. The second kappa shape index (κ2) is 10.4. The van der Waals surface area contributed by atoms with Gasteiger partial charge >= 0.3 is 6.09 Å². The lowest BCUT2D eigenvalue weighted by molar-refractivity contribution is -0.120. The molecule has 2 amide bonds. The van der Waals surface area contributed by atoms with Crippen LogP contribution < -0.4 is 10.2 Å². The summed E-state index contributed by atoms with van der Waals surface area (Å²) in [6.45, 7) is 2.76. The number of hydrogen-bond acceptors (Lipinski definition) is 4. The van der Waals surface area contributed by atoms with E-state index in [1.54, 1.807) is 4.90 Å². The van der Waals surface area contributed by atoms with Gasteiger partial charge in [-0.1, -0.05) is 74.7 Å². The first-order chi connectivity index (χ1) is 15.7. The summed E-state index contributed by atoms with van der Waals surface area (Å²) >= 11 is 0. The van der Waals surface area contributed by atoms with Crippen molar-refractivity contribution in [2.45, 2.75) is 58.2 Å². The van der Waals surface area contributed by atoms with Crippen LogP contribution in [0.5, 0.6) is 0 Å². The average molecular weight is 434 g/mol. The Labute approximate surface area is 189 Å². The predicted molar refractivity (Wildman–Crippen MR) is 126 cm³/mol. The monoisotopic (exact) mass is 433 g/mol. The third-order valence-corrected chi connectivity index (χ3v) is 6.15. The highest BCUT2D eigenvalue weighted by molar-refractivity contribution is 6.14. The van der Waals surface area contributed by atoms with Crippen molar-refractivity contribution in [2.24, 2.45) is 10.9 Å². The highest BCUT2D eigenvalue weighted by Gasteiger charge is 2.34. The zero-order valence-electron chi connectivity index (χ0n) is 18.6. The molecule has 1 atom stereocenters. The minimum atomic E-state index is -0.992. The van der Waals surface area contributed by atoms with E-state index in [0.29, 0.717) is 12.5 Å².